The van der Waals surface area contributed by atoms with Crippen molar-refractivity contribution in [2.45, 2.75) is 122 Å². The molecule has 0 radical (unpaired) electrons. The van der Waals surface area contributed by atoms with Gasteiger partial charge in [0, 0.05) is 6.92 Å². The molecule has 36 heavy (non-hydrogen) atoms. The van der Waals surface area contributed by atoms with Crippen LogP contribution in [0.4, 0.5) is 0 Å². The summed E-state index contributed by atoms with van der Waals surface area (Å²) in [7, 11) is 0. The minimum absolute atomic E-state index is 0.0127. The summed E-state index contributed by atoms with van der Waals surface area (Å²) in [5.41, 5.74) is 0.176. The second-order valence-corrected chi connectivity index (χ2v) is 12.3. The Morgan fingerprint density at radius 1 is 1.25 bits per heavy atom. The van der Waals surface area contributed by atoms with Gasteiger partial charge in [-0.3, -0.25) is 10.1 Å². The van der Waals surface area contributed by atoms with Gasteiger partial charge in [0.1, 0.15) is 18.3 Å². The van der Waals surface area contributed by atoms with Crippen LogP contribution in [0.5, 0.6) is 0 Å². The van der Waals surface area contributed by atoms with Crippen molar-refractivity contribution in [2.75, 3.05) is 0 Å². The van der Waals surface area contributed by atoms with Crippen molar-refractivity contribution in [3.8, 4) is 0 Å². The fourth-order valence-electron chi connectivity index (χ4n) is 7.17. The molecular formula is C28H46O8. The highest BCUT2D eigenvalue weighted by Crippen LogP contribution is 2.62. The Kier molecular flexibility index (Phi) is 8.80. The van der Waals surface area contributed by atoms with E-state index in [0.717, 1.165) is 37.7 Å². The van der Waals surface area contributed by atoms with E-state index in [-0.39, 0.29) is 16.7 Å². The normalized spacial score (nSPS) is 42.2. The molecule has 0 aromatic heterocycles. The standard InChI is InChI=1S/C28H46O8/c1-9-27(7,35-25-23(31)22(30)24(17(3)33-25)34-18(4)29)14-11-19-16(2)20(36-32)15-21-26(5,6)12-10-13-28(19,21)8/h9,17,19-25,30-32H,1-2,10-15H2,3-8H3. The lowest BCUT2D eigenvalue weighted by atomic mass is 9.46. The van der Waals surface area contributed by atoms with Crippen LogP contribution in [0.25, 0.3) is 0 Å². The molecule has 3 aliphatic rings. The Labute approximate surface area is 215 Å². The lowest BCUT2D eigenvalue weighted by Crippen LogP contribution is -2.60. The third kappa shape index (κ3) is 5.59. The highest BCUT2D eigenvalue weighted by atomic mass is 17.1. The second-order valence-electron chi connectivity index (χ2n) is 12.3. The number of rotatable bonds is 8. The van der Waals surface area contributed by atoms with Crippen molar-refractivity contribution in [3.05, 3.63) is 24.8 Å². The SMILES string of the molecule is C=CC(C)(CCC1C(=C)C(OO)CC2C(C)(C)CCCC12C)OC1OC(C)C(OC(C)=O)C(O)C1O. The van der Waals surface area contributed by atoms with Crippen LogP contribution in [0.15, 0.2) is 24.8 Å². The number of aliphatic hydroxyl groups excluding tert-OH is 2. The van der Waals surface area contributed by atoms with Crippen molar-refractivity contribution in [1.29, 1.82) is 0 Å². The number of esters is 1. The summed E-state index contributed by atoms with van der Waals surface area (Å²) >= 11 is 0. The summed E-state index contributed by atoms with van der Waals surface area (Å²) in [5, 5.41) is 30.9. The summed E-state index contributed by atoms with van der Waals surface area (Å²) < 4.78 is 17.2. The van der Waals surface area contributed by atoms with E-state index in [2.05, 4.69) is 33.9 Å². The van der Waals surface area contributed by atoms with E-state index in [1.807, 2.05) is 6.92 Å². The summed E-state index contributed by atoms with van der Waals surface area (Å²) in [6.07, 6.45) is 1.17. The monoisotopic (exact) mass is 510 g/mol. The van der Waals surface area contributed by atoms with Gasteiger partial charge >= 0.3 is 5.97 Å². The average Bonchev–Trinajstić information content (AvgIpc) is 2.79. The summed E-state index contributed by atoms with van der Waals surface area (Å²) in [5.74, 6) is -0.0847. The predicted molar refractivity (Wildman–Crippen MR) is 135 cm³/mol. The molecule has 0 aromatic carbocycles. The second kappa shape index (κ2) is 10.8. The van der Waals surface area contributed by atoms with Crippen molar-refractivity contribution >= 4 is 5.97 Å². The molecule has 2 saturated carbocycles. The number of carbonyl (C=O) groups is 1. The van der Waals surface area contributed by atoms with Crippen molar-refractivity contribution in [2.24, 2.45) is 22.7 Å². The maximum atomic E-state index is 11.4. The Balaban J connectivity index is 1.76. The van der Waals surface area contributed by atoms with E-state index in [1.54, 1.807) is 13.0 Å². The van der Waals surface area contributed by atoms with Crippen LogP contribution in [0.2, 0.25) is 0 Å². The molecule has 8 nitrogen and oxygen atoms in total. The van der Waals surface area contributed by atoms with Gasteiger partial charge in [-0.05, 0) is 74.2 Å². The lowest BCUT2D eigenvalue weighted by Gasteiger charge is -2.59. The van der Waals surface area contributed by atoms with Crippen LogP contribution in [0, 0.1) is 22.7 Å². The first-order chi connectivity index (χ1) is 16.7. The molecule has 2 aliphatic carbocycles. The van der Waals surface area contributed by atoms with E-state index in [0.29, 0.717) is 12.3 Å². The van der Waals surface area contributed by atoms with Gasteiger partial charge in [-0.25, -0.2) is 4.89 Å². The highest BCUT2D eigenvalue weighted by Gasteiger charge is 2.56. The van der Waals surface area contributed by atoms with Gasteiger partial charge in [-0.15, -0.1) is 6.58 Å². The molecule has 0 amide bonds. The smallest absolute Gasteiger partial charge is 0.303 e. The predicted octanol–water partition coefficient (Wildman–Crippen LogP) is 4.39. The third-order valence-electron chi connectivity index (χ3n) is 9.34. The quantitative estimate of drug-likeness (QED) is 0.191. The molecule has 0 bridgehead atoms. The molecule has 1 saturated heterocycles. The van der Waals surface area contributed by atoms with Gasteiger partial charge in [0.25, 0.3) is 0 Å². The van der Waals surface area contributed by atoms with Crippen LogP contribution < -0.4 is 0 Å². The Bertz CT molecular complexity index is 826. The van der Waals surface area contributed by atoms with E-state index < -0.39 is 48.4 Å². The molecule has 10 unspecified atom stereocenters. The van der Waals surface area contributed by atoms with Crippen LogP contribution in [0.1, 0.15) is 80.1 Å². The van der Waals surface area contributed by atoms with Gasteiger partial charge in [0.15, 0.2) is 12.4 Å². The third-order valence-corrected chi connectivity index (χ3v) is 9.34. The zero-order valence-electron chi connectivity index (χ0n) is 22.7. The van der Waals surface area contributed by atoms with Crippen molar-refractivity contribution < 1.29 is 39.4 Å². The van der Waals surface area contributed by atoms with E-state index >= 15 is 0 Å². The zero-order valence-corrected chi connectivity index (χ0v) is 22.7. The average molecular weight is 511 g/mol. The molecule has 1 heterocycles. The van der Waals surface area contributed by atoms with Gasteiger partial charge in [-0.2, -0.15) is 0 Å². The first-order valence-corrected chi connectivity index (χ1v) is 13.2. The molecule has 3 N–H and O–H groups in total. The fourth-order valence-corrected chi connectivity index (χ4v) is 7.17. The van der Waals surface area contributed by atoms with E-state index in [4.69, 9.17) is 19.1 Å². The van der Waals surface area contributed by atoms with Gasteiger partial charge in [0.05, 0.1) is 11.7 Å². The lowest BCUT2D eigenvalue weighted by molar-refractivity contribution is -0.315. The molecule has 1 aliphatic heterocycles. The molecule has 206 valence electrons. The Morgan fingerprint density at radius 3 is 2.50 bits per heavy atom. The van der Waals surface area contributed by atoms with Crippen molar-refractivity contribution in [3.63, 3.8) is 0 Å². The molecule has 8 heteroatoms. The summed E-state index contributed by atoms with van der Waals surface area (Å²) in [6, 6.07) is 0. The van der Waals surface area contributed by atoms with Crippen LogP contribution in [-0.4, -0.2) is 63.9 Å². The number of hydrogen-bond donors (Lipinski definition) is 3. The maximum absolute atomic E-state index is 11.4. The van der Waals surface area contributed by atoms with Crippen LogP contribution in [0.3, 0.4) is 0 Å². The van der Waals surface area contributed by atoms with Crippen LogP contribution >= 0.6 is 0 Å². The Morgan fingerprint density at radius 2 is 1.92 bits per heavy atom. The number of fused-ring (bicyclic) bond motifs is 1. The number of aliphatic hydroxyl groups is 2. The number of carbonyl (C=O) groups excluding carboxylic acids is 1. The first kappa shape index (κ1) is 29.3. The Hall–Kier alpha value is -1.29. The molecule has 10 atom stereocenters. The zero-order chi connectivity index (χ0) is 27.1. The molecule has 3 rings (SSSR count). The van der Waals surface area contributed by atoms with E-state index in [9.17, 15) is 20.3 Å². The minimum atomic E-state index is -1.40. The minimum Gasteiger partial charge on any atom is -0.457 e. The summed E-state index contributed by atoms with van der Waals surface area (Å²) in [6.45, 7) is 20.1. The fraction of sp³-hybridized carbons (Fsp3) is 0.821. The van der Waals surface area contributed by atoms with Gasteiger partial charge in [0.2, 0.25) is 0 Å². The molecule has 3 fully saturated rings. The van der Waals surface area contributed by atoms with Gasteiger partial charge < -0.3 is 24.4 Å². The highest BCUT2D eigenvalue weighted by molar-refractivity contribution is 5.66. The summed E-state index contributed by atoms with van der Waals surface area (Å²) in [4.78, 5) is 16.3. The topological polar surface area (TPSA) is 115 Å². The first-order valence-electron chi connectivity index (χ1n) is 13.2. The molecular weight excluding hydrogens is 464 g/mol. The molecule has 0 aromatic rings. The van der Waals surface area contributed by atoms with Crippen molar-refractivity contribution in [1.82, 2.24) is 0 Å². The van der Waals surface area contributed by atoms with Crippen LogP contribution in [-0.2, 0) is 23.9 Å². The maximum Gasteiger partial charge on any atom is 0.303 e. The largest absolute Gasteiger partial charge is 0.457 e. The van der Waals surface area contributed by atoms with Gasteiger partial charge in [-0.1, -0.05) is 39.8 Å². The van der Waals surface area contributed by atoms with E-state index in [1.165, 1.54) is 6.92 Å². The number of ether oxygens (including phenoxy) is 3. The number of hydrogen-bond acceptors (Lipinski definition) is 8. The molecule has 0 spiro atoms.